The van der Waals surface area contributed by atoms with E-state index in [2.05, 4.69) is 15.3 Å². The van der Waals surface area contributed by atoms with E-state index >= 15 is 0 Å². The van der Waals surface area contributed by atoms with Crippen LogP contribution in [0.5, 0.6) is 0 Å². The first-order chi connectivity index (χ1) is 10.6. The summed E-state index contributed by atoms with van der Waals surface area (Å²) in [7, 11) is 0. The summed E-state index contributed by atoms with van der Waals surface area (Å²) in [5, 5.41) is 3.45. The summed E-state index contributed by atoms with van der Waals surface area (Å²) in [5.41, 5.74) is 1.81. The van der Waals surface area contributed by atoms with Gasteiger partial charge in [-0.2, -0.15) is 0 Å². The third-order valence-electron chi connectivity index (χ3n) is 4.10. The Hall–Kier alpha value is -2.17. The summed E-state index contributed by atoms with van der Waals surface area (Å²) in [6.07, 6.45) is 3.69. The van der Waals surface area contributed by atoms with E-state index in [9.17, 15) is 4.79 Å². The lowest BCUT2D eigenvalue weighted by Crippen LogP contribution is -2.44. The summed E-state index contributed by atoms with van der Waals surface area (Å²) in [6, 6.07) is 8.22. The number of benzene rings is 1. The van der Waals surface area contributed by atoms with Crippen molar-refractivity contribution in [3.8, 4) is 0 Å². The fraction of sp³-hybridized carbons (Fsp3) is 0.471. The summed E-state index contributed by atoms with van der Waals surface area (Å²) in [5.74, 6) is 1.15. The quantitative estimate of drug-likeness (QED) is 0.946. The van der Waals surface area contributed by atoms with Crippen LogP contribution in [-0.2, 0) is 4.79 Å². The van der Waals surface area contributed by atoms with Crippen molar-refractivity contribution in [2.45, 2.75) is 32.7 Å². The highest BCUT2D eigenvalue weighted by atomic mass is 16.2. The number of carbonyl (C=O) groups excluding carboxylic acids is 1. The van der Waals surface area contributed by atoms with Gasteiger partial charge in [0.2, 0.25) is 5.91 Å². The molecule has 1 aromatic carbocycles. The van der Waals surface area contributed by atoms with Crippen LogP contribution in [0.1, 0.15) is 26.7 Å². The Labute approximate surface area is 130 Å². The van der Waals surface area contributed by atoms with Crippen molar-refractivity contribution in [2.24, 2.45) is 5.92 Å². The van der Waals surface area contributed by atoms with E-state index in [0.717, 1.165) is 42.8 Å². The van der Waals surface area contributed by atoms with Crippen molar-refractivity contribution in [2.75, 3.05) is 18.4 Å². The van der Waals surface area contributed by atoms with Gasteiger partial charge in [-0.05, 0) is 25.0 Å². The smallest absolute Gasteiger partial charge is 0.225 e. The Morgan fingerprint density at radius 3 is 2.59 bits per heavy atom. The maximum Gasteiger partial charge on any atom is 0.225 e. The maximum absolute atomic E-state index is 12.0. The monoisotopic (exact) mass is 298 g/mol. The van der Waals surface area contributed by atoms with Gasteiger partial charge in [0.25, 0.3) is 0 Å². The van der Waals surface area contributed by atoms with Crippen molar-refractivity contribution in [3.63, 3.8) is 0 Å². The highest BCUT2D eigenvalue weighted by Gasteiger charge is 2.24. The number of likely N-dealkylation sites (tertiary alicyclic amines) is 1. The van der Waals surface area contributed by atoms with E-state index < -0.39 is 0 Å². The third-order valence-corrected chi connectivity index (χ3v) is 4.10. The predicted octanol–water partition coefficient (Wildman–Crippen LogP) is 2.69. The normalized spacial score (nSPS) is 16.2. The number of anilines is 1. The van der Waals surface area contributed by atoms with Gasteiger partial charge in [-0.3, -0.25) is 9.78 Å². The molecule has 22 heavy (non-hydrogen) atoms. The first-order valence-corrected chi connectivity index (χ1v) is 7.90. The van der Waals surface area contributed by atoms with Crippen LogP contribution >= 0.6 is 0 Å². The molecule has 3 rings (SSSR count). The maximum atomic E-state index is 12.0. The Kier molecular flexibility index (Phi) is 4.22. The molecule has 0 aliphatic carbocycles. The minimum atomic E-state index is 0.0795. The summed E-state index contributed by atoms with van der Waals surface area (Å²) in [6.45, 7) is 5.54. The van der Waals surface area contributed by atoms with Gasteiger partial charge in [0, 0.05) is 25.0 Å². The van der Waals surface area contributed by atoms with Crippen LogP contribution in [0.3, 0.4) is 0 Å². The molecule has 1 aromatic heterocycles. The van der Waals surface area contributed by atoms with Gasteiger partial charge in [0.1, 0.15) is 5.82 Å². The zero-order chi connectivity index (χ0) is 15.5. The number of hydrogen-bond acceptors (Lipinski definition) is 4. The number of piperidine rings is 1. The number of rotatable bonds is 3. The SMILES string of the molecule is CC(C)C(=O)N1CCC(Nc2cnc3ccccc3n2)CC1. The zero-order valence-electron chi connectivity index (χ0n) is 13.1. The molecule has 0 radical (unpaired) electrons. The van der Waals surface area contributed by atoms with Crippen LogP contribution in [-0.4, -0.2) is 39.9 Å². The van der Waals surface area contributed by atoms with Gasteiger partial charge in [-0.1, -0.05) is 26.0 Å². The Morgan fingerprint density at radius 2 is 1.91 bits per heavy atom. The number of aromatic nitrogens is 2. The van der Waals surface area contributed by atoms with E-state index in [4.69, 9.17) is 0 Å². The molecule has 0 spiro atoms. The largest absolute Gasteiger partial charge is 0.366 e. The third kappa shape index (κ3) is 3.18. The molecule has 0 atom stereocenters. The fourth-order valence-electron chi connectivity index (χ4n) is 2.85. The Morgan fingerprint density at radius 1 is 1.23 bits per heavy atom. The van der Waals surface area contributed by atoms with Crippen LogP contribution in [0.2, 0.25) is 0 Å². The van der Waals surface area contributed by atoms with Crippen LogP contribution in [0.15, 0.2) is 30.5 Å². The van der Waals surface area contributed by atoms with Gasteiger partial charge in [-0.25, -0.2) is 4.98 Å². The van der Waals surface area contributed by atoms with Gasteiger partial charge in [-0.15, -0.1) is 0 Å². The van der Waals surface area contributed by atoms with Crippen LogP contribution < -0.4 is 5.32 Å². The van der Waals surface area contributed by atoms with Crippen molar-refractivity contribution >= 4 is 22.8 Å². The summed E-state index contributed by atoms with van der Waals surface area (Å²) < 4.78 is 0. The molecule has 2 aromatic rings. The standard InChI is InChI=1S/C17H22N4O/c1-12(2)17(22)21-9-7-13(8-10-21)19-16-11-18-14-5-3-4-6-15(14)20-16/h3-6,11-13H,7-10H2,1-2H3,(H,19,20). The van der Waals surface area contributed by atoms with E-state index in [-0.39, 0.29) is 11.8 Å². The number of para-hydroxylation sites is 2. The van der Waals surface area contributed by atoms with Gasteiger partial charge < -0.3 is 10.2 Å². The Bertz CT molecular complexity index is 663. The minimum absolute atomic E-state index is 0.0795. The van der Waals surface area contributed by atoms with Crippen molar-refractivity contribution in [3.05, 3.63) is 30.5 Å². The number of amides is 1. The molecule has 1 saturated heterocycles. The molecule has 1 aliphatic heterocycles. The second-order valence-electron chi connectivity index (χ2n) is 6.14. The molecule has 5 heteroatoms. The van der Waals surface area contributed by atoms with Gasteiger partial charge >= 0.3 is 0 Å². The van der Waals surface area contributed by atoms with Crippen molar-refractivity contribution in [1.29, 1.82) is 0 Å². The average molecular weight is 298 g/mol. The molecule has 0 unspecified atom stereocenters. The molecule has 1 N–H and O–H groups in total. The first kappa shape index (κ1) is 14.8. The molecule has 5 nitrogen and oxygen atoms in total. The average Bonchev–Trinajstić information content (AvgIpc) is 2.55. The first-order valence-electron chi connectivity index (χ1n) is 7.90. The number of fused-ring (bicyclic) bond motifs is 1. The molecular formula is C17H22N4O. The van der Waals surface area contributed by atoms with Gasteiger partial charge in [0.15, 0.2) is 0 Å². The van der Waals surface area contributed by atoms with E-state index in [1.165, 1.54) is 0 Å². The molecule has 2 heterocycles. The van der Waals surface area contributed by atoms with Crippen LogP contribution in [0, 0.1) is 5.92 Å². The predicted molar refractivity (Wildman–Crippen MR) is 87.6 cm³/mol. The number of nitrogens with one attached hydrogen (secondary N) is 1. The number of nitrogens with zero attached hydrogens (tertiary/aromatic N) is 3. The minimum Gasteiger partial charge on any atom is -0.366 e. The van der Waals surface area contributed by atoms with Crippen LogP contribution in [0.25, 0.3) is 11.0 Å². The second-order valence-corrected chi connectivity index (χ2v) is 6.14. The zero-order valence-corrected chi connectivity index (χ0v) is 13.1. The highest BCUT2D eigenvalue weighted by Crippen LogP contribution is 2.18. The molecule has 1 fully saturated rings. The van der Waals surface area contributed by atoms with Gasteiger partial charge in [0.05, 0.1) is 17.2 Å². The lowest BCUT2D eigenvalue weighted by Gasteiger charge is -2.33. The van der Waals surface area contributed by atoms with E-state index in [1.54, 1.807) is 6.20 Å². The molecule has 1 amide bonds. The fourth-order valence-corrected chi connectivity index (χ4v) is 2.85. The lowest BCUT2D eigenvalue weighted by molar-refractivity contribution is -0.135. The number of carbonyl (C=O) groups is 1. The van der Waals surface area contributed by atoms with E-state index in [0.29, 0.717) is 6.04 Å². The van der Waals surface area contributed by atoms with Crippen molar-refractivity contribution in [1.82, 2.24) is 14.9 Å². The molecule has 116 valence electrons. The lowest BCUT2D eigenvalue weighted by atomic mass is 10.0. The summed E-state index contributed by atoms with van der Waals surface area (Å²) >= 11 is 0. The summed E-state index contributed by atoms with van der Waals surface area (Å²) in [4.78, 5) is 23.0. The van der Waals surface area contributed by atoms with E-state index in [1.807, 2.05) is 43.0 Å². The molecule has 0 bridgehead atoms. The number of hydrogen-bond donors (Lipinski definition) is 1. The van der Waals surface area contributed by atoms with Crippen molar-refractivity contribution < 1.29 is 4.79 Å². The van der Waals surface area contributed by atoms with Crippen LogP contribution in [0.4, 0.5) is 5.82 Å². The highest BCUT2D eigenvalue weighted by molar-refractivity contribution is 5.78. The molecule has 0 saturated carbocycles. The topological polar surface area (TPSA) is 58.1 Å². The Balaban J connectivity index is 1.61. The molecular weight excluding hydrogens is 276 g/mol. The molecule has 1 aliphatic rings. The second kappa shape index (κ2) is 6.30.